The number of hydrogen-bond acceptors (Lipinski definition) is 5. The predicted molar refractivity (Wildman–Crippen MR) is 74.6 cm³/mol. The van der Waals surface area contributed by atoms with Gasteiger partial charge in [-0.3, -0.25) is 4.90 Å². The normalized spacial score (nSPS) is 19.7. The first-order valence-electron chi connectivity index (χ1n) is 6.65. The number of rotatable bonds is 4. The second-order valence-corrected chi connectivity index (χ2v) is 4.74. The molecule has 3 N–H and O–H groups in total. The lowest BCUT2D eigenvalue weighted by atomic mass is 10.2. The van der Waals surface area contributed by atoms with Gasteiger partial charge in [-0.05, 0) is 13.8 Å². The van der Waals surface area contributed by atoms with Crippen LogP contribution in [0.3, 0.4) is 0 Å². The van der Waals surface area contributed by atoms with Gasteiger partial charge in [0, 0.05) is 45.1 Å². The van der Waals surface area contributed by atoms with Gasteiger partial charge in [0.15, 0.2) is 5.84 Å². The van der Waals surface area contributed by atoms with Crippen LogP contribution in [0.25, 0.3) is 0 Å². The first-order valence-corrected chi connectivity index (χ1v) is 6.65. The van der Waals surface area contributed by atoms with Crippen LogP contribution in [0.15, 0.2) is 17.5 Å². The zero-order chi connectivity index (χ0) is 13.8. The van der Waals surface area contributed by atoms with E-state index in [1.54, 1.807) is 0 Å². The van der Waals surface area contributed by atoms with Crippen molar-refractivity contribution in [3.63, 3.8) is 0 Å². The highest BCUT2D eigenvalue weighted by Gasteiger charge is 2.25. The molecule has 0 aromatic carbocycles. The van der Waals surface area contributed by atoms with E-state index >= 15 is 0 Å². The molecule has 1 fully saturated rings. The summed E-state index contributed by atoms with van der Waals surface area (Å²) in [7, 11) is 0. The number of nitrogens with zero attached hydrogens (tertiary/aromatic N) is 5. The lowest BCUT2D eigenvalue weighted by Crippen LogP contribution is -2.53. The van der Waals surface area contributed by atoms with E-state index in [1.807, 2.05) is 19.3 Å². The Bertz CT molecular complexity index is 435. The van der Waals surface area contributed by atoms with Crippen molar-refractivity contribution < 1.29 is 5.21 Å². The quantitative estimate of drug-likeness (QED) is 0.351. The lowest BCUT2D eigenvalue weighted by Gasteiger charge is -2.38. The zero-order valence-corrected chi connectivity index (χ0v) is 11.5. The van der Waals surface area contributed by atoms with Crippen LogP contribution in [0.5, 0.6) is 0 Å². The number of hydrogen-bond donors (Lipinski definition) is 2. The van der Waals surface area contributed by atoms with Gasteiger partial charge in [-0.15, -0.1) is 0 Å². The minimum Gasteiger partial charge on any atom is -0.409 e. The fourth-order valence-electron chi connectivity index (χ4n) is 2.41. The van der Waals surface area contributed by atoms with Crippen molar-refractivity contribution in [2.75, 3.05) is 31.1 Å². The summed E-state index contributed by atoms with van der Waals surface area (Å²) in [5.74, 6) is 1.29. The summed E-state index contributed by atoms with van der Waals surface area (Å²) in [4.78, 5) is 8.90. The summed E-state index contributed by atoms with van der Waals surface area (Å²) in [6.45, 7) is 8.57. The highest BCUT2D eigenvalue weighted by Crippen LogP contribution is 2.15. The third kappa shape index (κ3) is 2.81. The summed E-state index contributed by atoms with van der Waals surface area (Å²) in [6.07, 6.45) is 3.84. The average Bonchev–Trinajstić information content (AvgIpc) is 2.94. The van der Waals surface area contributed by atoms with Crippen molar-refractivity contribution in [1.82, 2.24) is 14.5 Å². The van der Waals surface area contributed by atoms with Crippen LogP contribution in [0.4, 0.5) is 5.95 Å². The highest BCUT2D eigenvalue weighted by molar-refractivity contribution is 5.84. The third-order valence-corrected chi connectivity index (χ3v) is 3.72. The molecule has 19 heavy (non-hydrogen) atoms. The second kappa shape index (κ2) is 5.92. The molecule has 106 valence electrons. The van der Waals surface area contributed by atoms with Crippen LogP contribution in [-0.4, -0.2) is 57.7 Å². The van der Waals surface area contributed by atoms with Crippen molar-refractivity contribution in [2.24, 2.45) is 10.9 Å². The Hall–Kier alpha value is -1.76. The maximum Gasteiger partial charge on any atom is 0.205 e. The lowest BCUT2D eigenvalue weighted by molar-refractivity contribution is 0.229. The van der Waals surface area contributed by atoms with Gasteiger partial charge in [0.05, 0.1) is 6.04 Å². The summed E-state index contributed by atoms with van der Waals surface area (Å²) in [6, 6.07) is -0.0296. The van der Waals surface area contributed by atoms with Gasteiger partial charge in [-0.25, -0.2) is 4.98 Å². The maximum absolute atomic E-state index is 8.72. The Labute approximate surface area is 113 Å². The number of anilines is 1. The second-order valence-electron chi connectivity index (χ2n) is 4.74. The molecule has 2 rings (SSSR count). The molecule has 0 spiro atoms. The van der Waals surface area contributed by atoms with Gasteiger partial charge in [0.1, 0.15) is 0 Å². The molecule has 1 aliphatic rings. The van der Waals surface area contributed by atoms with Gasteiger partial charge < -0.3 is 20.4 Å². The molecule has 1 unspecified atom stereocenters. The molecule has 1 atom stereocenters. The number of amidine groups is 1. The van der Waals surface area contributed by atoms with Crippen molar-refractivity contribution in [2.45, 2.75) is 26.4 Å². The van der Waals surface area contributed by atoms with E-state index in [9.17, 15) is 0 Å². The number of piperazine rings is 1. The van der Waals surface area contributed by atoms with Crippen LogP contribution >= 0.6 is 0 Å². The average molecular weight is 266 g/mol. The number of nitrogens with two attached hydrogens (primary N) is 1. The molecule has 2 heterocycles. The largest absolute Gasteiger partial charge is 0.409 e. The smallest absolute Gasteiger partial charge is 0.205 e. The summed E-state index contributed by atoms with van der Waals surface area (Å²) in [5, 5.41) is 11.8. The third-order valence-electron chi connectivity index (χ3n) is 3.72. The monoisotopic (exact) mass is 266 g/mol. The molecule has 0 aliphatic carbocycles. The van der Waals surface area contributed by atoms with Gasteiger partial charge in [0.25, 0.3) is 0 Å². The Morgan fingerprint density at radius 3 is 2.74 bits per heavy atom. The summed E-state index contributed by atoms with van der Waals surface area (Å²) in [5.41, 5.74) is 5.65. The van der Waals surface area contributed by atoms with Crippen LogP contribution in [0.2, 0.25) is 0 Å². The number of aryl methyl sites for hydroxylation is 1. The predicted octanol–water partition coefficient (Wildman–Crippen LogP) is 0.160. The van der Waals surface area contributed by atoms with E-state index in [0.717, 1.165) is 38.7 Å². The SMILES string of the molecule is CCn1ccnc1N1CCN(C(C)C(N)=NO)CC1. The van der Waals surface area contributed by atoms with E-state index in [1.165, 1.54) is 0 Å². The standard InChI is InChI=1S/C12H22N6O/c1-3-16-5-4-14-12(16)18-8-6-17(7-9-18)10(2)11(13)15-19/h4-5,10,19H,3,6-9H2,1-2H3,(H2,13,15). The molecule has 0 bridgehead atoms. The number of imidazole rings is 1. The zero-order valence-electron chi connectivity index (χ0n) is 11.5. The van der Waals surface area contributed by atoms with Crippen LogP contribution in [0, 0.1) is 0 Å². The van der Waals surface area contributed by atoms with E-state index in [-0.39, 0.29) is 11.9 Å². The summed E-state index contributed by atoms with van der Waals surface area (Å²) < 4.78 is 2.14. The molecule has 0 saturated carbocycles. The molecule has 0 radical (unpaired) electrons. The van der Waals surface area contributed by atoms with E-state index in [2.05, 4.69) is 31.4 Å². The van der Waals surface area contributed by atoms with Crippen molar-refractivity contribution in [1.29, 1.82) is 0 Å². The Morgan fingerprint density at radius 1 is 1.47 bits per heavy atom. The molecule has 1 aliphatic heterocycles. The molecule has 1 aromatic heterocycles. The Kier molecular flexibility index (Phi) is 4.26. The fourth-order valence-corrected chi connectivity index (χ4v) is 2.41. The topological polar surface area (TPSA) is 82.9 Å². The first-order chi connectivity index (χ1) is 9.17. The Morgan fingerprint density at radius 2 is 2.16 bits per heavy atom. The first kappa shape index (κ1) is 13.7. The van der Waals surface area contributed by atoms with Crippen LogP contribution in [-0.2, 0) is 6.54 Å². The van der Waals surface area contributed by atoms with Gasteiger partial charge in [-0.1, -0.05) is 5.16 Å². The van der Waals surface area contributed by atoms with Gasteiger partial charge in [-0.2, -0.15) is 0 Å². The van der Waals surface area contributed by atoms with E-state index in [0.29, 0.717) is 0 Å². The molecular formula is C12H22N6O. The molecular weight excluding hydrogens is 244 g/mol. The fraction of sp³-hybridized carbons (Fsp3) is 0.667. The van der Waals surface area contributed by atoms with Crippen molar-refractivity contribution >= 4 is 11.8 Å². The highest BCUT2D eigenvalue weighted by atomic mass is 16.4. The van der Waals surface area contributed by atoms with E-state index in [4.69, 9.17) is 10.9 Å². The molecule has 0 amide bonds. The molecule has 7 heteroatoms. The molecule has 7 nitrogen and oxygen atoms in total. The molecule has 1 aromatic rings. The minimum absolute atomic E-state index is 0.0296. The molecule has 1 saturated heterocycles. The maximum atomic E-state index is 8.72. The van der Waals surface area contributed by atoms with Crippen molar-refractivity contribution in [3.05, 3.63) is 12.4 Å². The van der Waals surface area contributed by atoms with Crippen LogP contribution in [0.1, 0.15) is 13.8 Å². The summed E-state index contributed by atoms with van der Waals surface area (Å²) >= 11 is 0. The number of aromatic nitrogens is 2. The van der Waals surface area contributed by atoms with Gasteiger partial charge in [0.2, 0.25) is 5.95 Å². The minimum atomic E-state index is -0.0296. The number of oxime groups is 1. The van der Waals surface area contributed by atoms with Crippen LogP contribution < -0.4 is 10.6 Å². The Balaban J connectivity index is 1.96. The van der Waals surface area contributed by atoms with Crippen molar-refractivity contribution in [3.8, 4) is 0 Å². The van der Waals surface area contributed by atoms with E-state index < -0.39 is 0 Å². The van der Waals surface area contributed by atoms with Gasteiger partial charge >= 0.3 is 0 Å².